The van der Waals surface area contributed by atoms with Gasteiger partial charge in [0.25, 0.3) is 0 Å². The van der Waals surface area contributed by atoms with E-state index in [1.165, 1.54) is 19.3 Å². The molecule has 0 bridgehead atoms. The average Bonchev–Trinajstić information content (AvgIpc) is 1.94. The molecule has 0 heterocycles. The molecule has 0 aromatic rings. The second kappa shape index (κ2) is 3.78. The van der Waals surface area contributed by atoms with Crippen molar-refractivity contribution in [2.45, 2.75) is 40.0 Å². The van der Waals surface area contributed by atoms with Gasteiger partial charge < -0.3 is 4.74 Å². The Labute approximate surface area is 76.5 Å². The van der Waals surface area contributed by atoms with E-state index in [-0.39, 0.29) is 0 Å². The zero-order valence-corrected chi connectivity index (χ0v) is 8.89. The molecule has 1 fully saturated rings. The Kier molecular flexibility index (Phi) is 3.16. The van der Waals surface area contributed by atoms with Crippen LogP contribution in [0.25, 0.3) is 0 Å². The van der Waals surface area contributed by atoms with Gasteiger partial charge in [0.05, 0.1) is 0 Å². The first kappa shape index (κ1) is 10.0. The summed E-state index contributed by atoms with van der Waals surface area (Å²) in [5, 5.41) is 0. The summed E-state index contributed by atoms with van der Waals surface area (Å²) in [4.78, 5) is 0. The lowest BCUT2D eigenvalue weighted by atomic mass is 9.66. The highest BCUT2D eigenvalue weighted by Crippen LogP contribution is 2.43. The zero-order chi connectivity index (χ0) is 9.19. The zero-order valence-electron chi connectivity index (χ0n) is 8.89. The molecular formula is C11H22O. The minimum atomic E-state index is 0.494. The van der Waals surface area contributed by atoms with Gasteiger partial charge in [0.2, 0.25) is 0 Å². The van der Waals surface area contributed by atoms with Crippen LogP contribution >= 0.6 is 0 Å². The molecule has 12 heavy (non-hydrogen) atoms. The van der Waals surface area contributed by atoms with Crippen LogP contribution < -0.4 is 0 Å². The predicted molar refractivity (Wildman–Crippen MR) is 52.2 cm³/mol. The number of rotatable bonds is 2. The Bertz CT molecular complexity index is 140. The molecule has 1 aliphatic rings. The fraction of sp³-hybridized carbons (Fsp3) is 1.00. The number of methoxy groups -OCH3 is 1. The van der Waals surface area contributed by atoms with Crippen LogP contribution in [-0.4, -0.2) is 13.7 Å². The van der Waals surface area contributed by atoms with Crippen LogP contribution in [0.1, 0.15) is 40.0 Å². The summed E-state index contributed by atoms with van der Waals surface area (Å²) in [6.45, 7) is 8.07. The third kappa shape index (κ3) is 2.22. The first-order chi connectivity index (χ1) is 5.56. The SMILES string of the molecule is COC[C@H]1CCC(C)CC1(C)C. The number of ether oxygens (including phenoxy) is 1. The Morgan fingerprint density at radius 2 is 2.00 bits per heavy atom. The molecule has 0 aromatic heterocycles. The Balaban J connectivity index is 2.51. The largest absolute Gasteiger partial charge is 0.384 e. The normalized spacial score (nSPS) is 35.0. The van der Waals surface area contributed by atoms with E-state index in [1.54, 1.807) is 0 Å². The summed E-state index contributed by atoms with van der Waals surface area (Å²) in [7, 11) is 1.81. The van der Waals surface area contributed by atoms with Crippen molar-refractivity contribution in [2.75, 3.05) is 13.7 Å². The molecule has 1 rings (SSSR count). The molecule has 0 radical (unpaired) electrons. The topological polar surface area (TPSA) is 9.23 Å². The highest BCUT2D eigenvalue weighted by atomic mass is 16.5. The molecule has 1 saturated carbocycles. The van der Waals surface area contributed by atoms with Crippen molar-refractivity contribution in [3.05, 3.63) is 0 Å². The van der Waals surface area contributed by atoms with Crippen LogP contribution in [0.2, 0.25) is 0 Å². The quantitative estimate of drug-likeness (QED) is 0.619. The van der Waals surface area contributed by atoms with Gasteiger partial charge in [0.15, 0.2) is 0 Å². The van der Waals surface area contributed by atoms with Crippen LogP contribution in [-0.2, 0) is 4.74 Å². The third-order valence-corrected chi connectivity index (χ3v) is 3.36. The molecule has 0 N–H and O–H groups in total. The monoisotopic (exact) mass is 170 g/mol. The van der Waals surface area contributed by atoms with Crippen molar-refractivity contribution in [1.29, 1.82) is 0 Å². The molecular weight excluding hydrogens is 148 g/mol. The van der Waals surface area contributed by atoms with E-state index < -0.39 is 0 Å². The molecule has 1 aliphatic carbocycles. The van der Waals surface area contributed by atoms with Crippen LogP contribution in [0.4, 0.5) is 0 Å². The van der Waals surface area contributed by atoms with Gasteiger partial charge >= 0.3 is 0 Å². The van der Waals surface area contributed by atoms with Gasteiger partial charge in [-0.3, -0.25) is 0 Å². The lowest BCUT2D eigenvalue weighted by molar-refractivity contribution is 0.0308. The summed E-state index contributed by atoms with van der Waals surface area (Å²) in [5.74, 6) is 1.69. The molecule has 0 saturated heterocycles. The van der Waals surface area contributed by atoms with Gasteiger partial charge in [-0.15, -0.1) is 0 Å². The molecule has 1 heteroatoms. The molecule has 0 spiro atoms. The van der Waals surface area contributed by atoms with E-state index in [0.717, 1.165) is 18.4 Å². The fourth-order valence-corrected chi connectivity index (χ4v) is 2.55. The second-order valence-corrected chi connectivity index (χ2v) is 5.03. The van der Waals surface area contributed by atoms with E-state index in [9.17, 15) is 0 Å². The maximum absolute atomic E-state index is 5.25. The van der Waals surface area contributed by atoms with Crippen molar-refractivity contribution < 1.29 is 4.74 Å². The second-order valence-electron chi connectivity index (χ2n) is 5.03. The summed E-state index contributed by atoms with van der Waals surface area (Å²) >= 11 is 0. The lowest BCUT2D eigenvalue weighted by Gasteiger charge is -2.41. The van der Waals surface area contributed by atoms with Crippen molar-refractivity contribution in [2.24, 2.45) is 17.3 Å². The minimum absolute atomic E-state index is 0.494. The summed E-state index contributed by atoms with van der Waals surface area (Å²) in [6.07, 6.45) is 4.10. The molecule has 2 atom stereocenters. The van der Waals surface area contributed by atoms with E-state index in [0.29, 0.717) is 5.41 Å². The smallest absolute Gasteiger partial charge is 0.0495 e. The number of hydrogen-bond acceptors (Lipinski definition) is 1. The molecule has 1 nitrogen and oxygen atoms in total. The van der Waals surface area contributed by atoms with E-state index in [2.05, 4.69) is 20.8 Å². The van der Waals surface area contributed by atoms with E-state index in [1.807, 2.05) is 7.11 Å². The standard InChI is InChI=1S/C11H22O/c1-9-5-6-10(8-12-4)11(2,3)7-9/h9-10H,5-8H2,1-4H3/t9?,10-/m1/s1. The van der Waals surface area contributed by atoms with Crippen LogP contribution in [0.3, 0.4) is 0 Å². The molecule has 0 amide bonds. The predicted octanol–water partition coefficient (Wildman–Crippen LogP) is 3.10. The fourth-order valence-electron chi connectivity index (χ4n) is 2.55. The highest BCUT2D eigenvalue weighted by molar-refractivity contribution is 4.84. The molecule has 1 unspecified atom stereocenters. The Morgan fingerprint density at radius 3 is 2.50 bits per heavy atom. The summed E-state index contributed by atoms with van der Waals surface area (Å²) < 4.78 is 5.25. The molecule has 0 aromatic carbocycles. The van der Waals surface area contributed by atoms with Crippen LogP contribution in [0.15, 0.2) is 0 Å². The average molecular weight is 170 g/mol. The van der Waals surface area contributed by atoms with Crippen molar-refractivity contribution >= 4 is 0 Å². The first-order valence-corrected chi connectivity index (χ1v) is 5.05. The van der Waals surface area contributed by atoms with Crippen LogP contribution in [0, 0.1) is 17.3 Å². The maximum atomic E-state index is 5.25. The Hall–Kier alpha value is -0.0400. The summed E-state index contributed by atoms with van der Waals surface area (Å²) in [6, 6.07) is 0. The van der Waals surface area contributed by atoms with E-state index in [4.69, 9.17) is 4.74 Å². The van der Waals surface area contributed by atoms with Crippen molar-refractivity contribution in [3.63, 3.8) is 0 Å². The van der Waals surface area contributed by atoms with Gasteiger partial charge in [-0.25, -0.2) is 0 Å². The minimum Gasteiger partial charge on any atom is -0.384 e. The Morgan fingerprint density at radius 1 is 1.33 bits per heavy atom. The van der Waals surface area contributed by atoms with Gasteiger partial charge in [0.1, 0.15) is 0 Å². The number of hydrogen-bond donors (Lipinski definition) is 0. The maximum Gasteiger partial charge on any atom is 0.0495 e. The molecule has 72 valence electrons. The lowest BCUT2D eigenvalue weighted by Crippen LogP contribution is -2.34. The first-order valence-electron chi connectivity index (χ1n) is 5.05. The summed E-state index contributed by atoms with van der Waals surface area (Å²) in [5.41, 5.74) is 0.494. The van der Waals surface area contributed by atoms with Gasteiger partial charge in [-0.1, -0.05) is 27.2 Å². The van der Waals surface area contributed by atoms with Crippen molar-refractivity contribution in [1.82, 2.24) is 0 Å². The van der Waals surface area contributed by atoms with Crippen molar-refractivity contribution in [3.8, 4) is 0 Å². The highest BCUT2D eigenvalue weighted by Gasteiger charge is 2.34. The van der Waals surface area contributed by atoms with Gasteiger partial charge in [-0.2, -0.15) is 0 Å². The third-order valence-electron chi connectivity index (χ3n) is 3.36. The van der Waals surface area contributed by atoms with Gasteiger partial charge in [0, 0.05) is 13.7 Å². The molecule has 0 aliphatic heterocycles. The van der Waals surface area contributed by atoms with E-state index >= 15 is 0 Å². The van der Waals surface area contributed by atoms with Gasteiger partial charge in [-0.05, 0) is 30.1 Å². The van der Waals surface area contributed by atoms with Crippen LogP contribution in [0.5, 0.6) is 0 Å².